The van der Waals surface area contributed by atoms with Crippen LogP contribution < -0.4 is 162 Å². The Morgan fingerprint density at radius 2 is 0.618 bits per heavy atom. The molecule has 0 unspecified atom stereocenters. The molecule has 6 rings (SSSR count). The Morgan fingerprint density at radius 1 is 0.368 bits per heavy atom. The van der Waals surface area contributed by atoms with E-state index in [1.807, 2.05) is 0 Å². The largest absolute Gasteiger partial charge is 1.00 e. The van der Waals surface area contributed by atoms with Gasteiger partial charge >= 0.3 is 162 Å². The first kappa shape index (κ1) is 62.1. The van der Waals surface area contributed by atoms with Crippen molar-refractivity contribution in [2.24, 2.45) is 30.7 Å². The quantitative estimate of drug-likeness (QED) is 0.0252. The maximum Gasteiger partial charge on any atom is 1.00 e. The van der Waals surface area contributed by atoms with Gasteiger partial charge in [0, 0.05) is 34.5 Å². The summed E-state index contributed by atoms with van der Waals surface area (Å²) in [5, 5.41) is 49.3. The number of benzene rings is 6. The van der Waals surface area contributed by atoms with Gasteiger partial charge in [0.1, 0.15) is 51.8 Å². The molecule has 0 aliphatic carbocycles. The van der Waals surface area contributed by atoms with Crippen LogP contribution in [0, 0.1) is 10.4 Å². The molecule has 0 saturated heterocycles. The molecule has 30 heteroatoms. The van der Waals surface area contributed by atoms with Crippen molar-refractivity contribution in [1.82, 2.24) is 0 Å². The van der Waals surface area contributed by atoms with Gasteiger partial charge in [-0.25, -0.2) is 33.7 Å². The summed E-state index contributed by atoms with van der Waals surface area (Å²) >= 11 is 0. The van der Waals surface area contributed by atoms with Crippen molar-refractivity contribution < 1.29 is 223 Å². The third-order valence-electron chi connectivity index (χ3n) is 8.34. The van der Waals surface area contributed by atoms with Crippen molar-refractivity contribution in [3.05, 3.63) is 155 Å². The van der Waals surface area contributed by atoms with Crippen LogP contribution in [0.3, 0.4) is 0 Å². The van der Waals surface area contributed by atoms with Gasteiger partial charge in [-0.05, 0) is 120 Å². The molecule has 0 saturated carbocycles. The smallest absolute Gasteiger partial charge is 0.744 e. The van der Waals surface area contributed by atoms with Crippen molar-refractivity contribution in [3.63, 3.8) is 0 Å². The minimum atomic E-state index is -5.28. The van der Waals surface area contributed by atoms with E-state index in [1.165, 1.54) is 72.8 Å². The second-order valence-corrected chi connectivity index (χ2v) is 18.2. The number of hydrogen-bond donors (Lipinski definition) is 0. The molecule has 0 bridgehead atoms. The molecule has 0 aliphatic rings. The summed E-state index contributed by atoms with van der Waals surface area (Å²) in [6, 6.07) is 26.3. The van der Waals surface area contributed by atoms with Crippen LogP contribution in [0.5, 0.6) is 0 Å². The molecule has 0 aliphatic heterocycles. The van der Waals surface area contributed by atoms with Gasteiger partial charge in [-0.3, -0.25) is 0 Å². The first-order chi connectivity index (χ1) is 30.0. The fourth-order valence-corrected chi connectivity index (χ4v) is 7.58. The summed E-state index contributed by atoms with van der Waals surface area (Å²) in [4.78, 5) is -2.63. The number of nitrogens with zero attached hydrogens (tertiary/aromatic N) is 8. The molecule has 0 spiro atoms. The third kappa shape index (κ3) is 17.9. The van der Waals surface area contributed by atoms with E-state index in [0.717, 1.165) is 72.8 Å². The second kappa shape index (κ2) is 26.6. The molecule has 22 nitrogen and oxygen atoms in total. The Balaban J connectivity index is 0.00000397. The van der Waals surface area contributed by atoms with E-state index in [1.54, 1.807) is 0 Å². The van der Waals surface area contributed by atoms with Crippen LogP contribution in [0.4, 0.5) is 45.5 Å². The molecule has 0 aromatic heterocycles. The summed E-state index contributed by atoms with van der Waals surface area (Å²) in [6.07, 6.45) is 2.00. The van der Waals surface area contributed by atoms with Gasteiger partial charge in [0.15, 0.2) is 0 Å². The number of hydrogen-bond acceptors (Lipinski definition) is 20. The summed E-state index contributed by atoms with van der Waals surface area (Å²) in [5.74, 6) is 0. The zero-order chi connectivity index (χ0) is 46.5. The van der Waals surface area contributed by atoms with Crippen LogP contribution in [0.1, 0.15) is 11.1 Å². The van der Waals surface area contributed by atoms with E-state index in [0.29, 0.717) is 0 Å². The first-order valence-corrected chi connectivity index (χ1v) is 23.1. The normalized spacial score (nSPS) is 12.5. The summed E-state index contributed by atoms with van der Waals surface area (Å²) in [5.41, 5.74) is -0.225. The molecule has 0 atom stereocenters. The van der Waals surface area contributed by atoms with E-state index < -0.39 is 71.4 Å². The van der Waals surface area contributed by atoms with E-state index >= 15 is 0 Å². The predicted molar refractivity (Wildman–Crippen MR) is 219 cm³/mol. The molecule has 68 heavy (non-hydrogen) atoms. The Kier molecular flexibility index (Phi) is 24.3. The van der Waals surface area contributed by atoms with E-state index in [2.05, 4.69) is 30.7 Å². The maximum absolute atomic E-state index is 12.9. The van der Waals surface area contributed by atoms with Crippen molar-refractivity contribution in [1.29, 1.82) is 0 Å². The predicted octanol–water partition coefficient (Wildman–Crippen LogP) is -3.83. The van der Waals surface area contributed by atoms with Crippen molar-refractivity contribution in [3.8, 4) is 0 Å². The van der Waals surface area contributed by atoms with E-state index in [-0.39, 0.29) is 217 Å². The van der Waals surface area contributed by atoms with Gasteiger partial charge in [-0.1, -0.05) is 21.9 Å². The van der Waals surface area contributed by atoms with Crippen molar-refractivity contribution in [2.75, 3.05) is 0 Å². The van der Waals surface area contributed by atoms with Gasteiger partial charge < -0.3 is 28.6 Å². The summed E-state index contributed by atoms with van der Waals surface area (Å²) in [7, 11) is -19.8. The van der Waals surface area contributed by atoms with Crippen LogP contribution in [0.15, 0.2) is 184 Å². The Labute approximate surface area is 518 Å². The minimum absolute atomic E-state index is 0. The van der Waals surface area contributed by atoms with Crippen LogP contribution in [-0.4, -0.2) is 61.6 Å². The van der Waals surface area contributed by atoms with Gasteiger partial charge in [0.05, 0.1) is 42.3 Å². The average Bonchev–Trinajstić information content (AvgIpc) is 3.24. The molecular weight excluding hydrogens is 1040 g/mol. The molecule has 0 amide bonds. The molecule has 6 aromatic carbocycles. The number of rotatable bonds is 14. The van der Waals surface area contributed by atoms with Gasteiger partial charge in [0.2, 0.25) is 11.4 Å². The average molecular weight is 1070 g/mol. The zero-order valence-electron chi connectivity index (χ0n) is 35.8. The van der Waals surface area contributed by atoms with Gasteiger partial charge in [-0.2, -0.15) is 20.5 Å². The fourth-order valence-electron chi connectivity index (χ4n) is 5.26. The zero-order valence-corrected chi connectivity index (χ0v) is 49.3. The van der Waals surface area contributed by atoms with E-state index in [9.17, 15) is 62.3 Å². The molecule has 0 radical (unpaired) electrons. The molecule has 0 fully saturated rings. The van der Waals surface area contributed by atoms with Gasteiger partial charge in [0.25, 0.3) is 0 Å². The summed E-state index contributed by atoms with van der Waals surface area (Å²) < 4.78 is 140. The maximum atomic E-state index is 12.9. The molecular formula is C38H24K2N8Na2O14S4. The van der Waals surface area contributed by atoms with Crippen LogP contribution in [0.25, 0.3) is 12.2 Å². The second-order valence-electron chi connectivity index (χ2n) is 12.8. The molecule has 6 aromatic rings. The topological polar surface area (TPSA) is 355 Å². The Hall–Kier alpha value is -2.03. The SMILES string of the molecule is O=S(=O)([O-])c1ccc(N=Nc2ccc(N=[N+]([O-])c3ccc(/C=C/c4ccc([N+]([O-])=Nc5ccc(N=Nc6ccc(S(=O)(=O)[O-])cc6)cc5)cc4S(=O)(=O)[O-])c(S(=O)(=O)[O-])c3)cc2)cc1.[K+].[K+].[Na+].[Na+]. The van der Waals surface area contributed by atoms with E-state index in [4.69, 9.17) is 0 Å². The minimum Gasteiger partial charge on any atom is -0.744 e. The standard InChI is InChI=1S/C38H28N8O14S4.2K.2Na/c47-45(43-31-9-5-27(6-10-31)39-41-29-13-19-35(20-14-29)61(49,50)51)33-17-3-25(37(23-33)63(55,56)57)1-2-26-4-18-34(24-38(26)64(58,59)60)46(48)44-32-11-7-28(8-12-32)40-42-30-15-21-36(22-16-30)62(52,53)54;;;;/h1-24H,(H,49,50,51)(H,52,53,54)(H,55,56,57)(H,58,59,60);;;;/q;4*+1/p-4/b2-1+,41-39?,42-40?,45-43?,46-44?;;;;. The summed E-state index contributed by atoms with van der Waals surface area (Å²) in [6.45, 7) is 0. The Morgan fingerprint density at radius 3 is 0.868 bits per heavy atom. The third-order valence-corrected chi connectivity index (χ3v) is 11.8. The van der Waals surface area contributed by atoms with Crippen molar-refractivity contribution >= 4 is 98.1 Å². The number of azo groups is 4. The van der Waals surface area contributed by atoms with Crippen molar-refractivity contribution in [2.45, 2.75) is 19.6 Å². The fraction of sp³-hybridized carbons (Fsp3) is 0. The van der Waals surface area contributed by atoms with Crippen LogP contribution in [-0.2, 0) is 40.5 Å². The first-order valence-electron chi connectivity index (χ1n) is 17.4. The Bertz CT molecular complexity index is 3160. The van der Waals surface area contributed by atoms with Gasteiger partial charge in [-0.15, -0.1) is 0 Å². The molecule has 0 heterocycles. The molecule has 0 N–H and O–H groups in total. The van der Waals surface area contributed by atoms with Crippen LogP contribution >= 0.6 is 0 Å². The monoisotopic (exact) mass is 1070 g/mol. The molecule has 328 valence electrons. The van der Waals surface area contributed by atoms with Crippen LogP contribution in [0.2, 0.25) is 0 Å².